The Hall–Kier alpha value is -2.37. The average molecular weight is 288 g/mol. The monoisotopic (exact) mass is 288 g/mol. The van der Waals surface area contributed by atoms with Crippen LogP contribution in [0.5, 0.6) is 0 Å². The van der Waals surface area contributed by atoms with Crippen molar-refractivity contribution in [2.75, 3.05) is 0 Å². The second-order valence-electron chi connectivity index (χ2n) is 4.46. The summed E-state index contributed by atoms with van der Waals surface area (Å²) in [5, 5.41) is 0. The number of H-pyrrole nitrogens is 3. The highest BCUT2D eigenvalue weighted by Gasteiger charge is 1.89. The van der Waals surface area contributed by atoms with Crippen LogP contribution < -0.4 is 0 Å². The molecule has 0 radical (unpaired) electrons. The molecule has 114 valence electrons. The molecule has 0 saturated heterocycles. The van der Waals surface area contributed by atoms with Crippen molar-refractivity contribution >= 4 is 0 Å². The number of hydrogen-bond acceptors (Lipinski definition) is 3. The summed E-state index contributed by atoms with van der Waals surface area (Å²) in [6.07, 6.45) is 10.9. The van der Waals surface area contributed by atoms with E-state index >= 15 is 0 Å². The van der Waals surface area contributed by atoms with Crippen molar-refractivity contribution < 1.29 is 0 Å². The fourth-order valence-electron chi connectivity index (χ4n) is 1.52. The third-order valence-electron chi connectivity index (χ3n) is 2.68. The molecule has 21 heavy (non-hydrogen) atoms. The lowest BCUT2D eigenvalue weighted by Gasteiger charge is -1.82. The number of aromatic amines is 3. The summed E-state index contributed by atoms with van der Waals surface area (Å²) >= 11 is 0. The normalized spacial score (nSPS) is 9.33. The molecule has 0 bridgehead atoms. The summed E-state index contributed by atoms with van der Waals surface area (Å²) in [5.41, 5.74) is 2.42. The van der Waals surface area contributed by atoms with E-state index in [1.807, 2.05) is 26.2 Å². The van der Waals surface area contributed by atoms with Crippen LogP contribution in [0.15, 0.2) is 31.1 Å². The van der Waals surface area contributed by atoms with E-state index in [0.29, 0.717) is 0 Å². The zero-order valence-electron chi connectivity index (χ0n) is 13.1. The third-order valence-corrected chi connectivity index (χ3v) is 2.68. The minimum atomic E-state index is 1.00. The van der Waals surface area contributed by atoms with Crippen LogP contribution in [0.1, 0.15) is 36.9 Å². The summed E-state index contributed by atoms with van der Waals surface area (Å²) < 4.78 is 0. The maximum Gasteiger partial charge on any atom is 0.103 e. The smallest absolute Gasteiger partial charge is 0.103 e. The van der Waals surface area contributed by atoms with E-state index in [-0.39, 0.29) is 0 Å². The summed E-state index contributed by atoms with van der Waals surface area (Å²) in [7, 11) is 0. The van der Waals surface area contributed by atoms with Gasteiger partial charge in [0.15, 0.2) is 0 Å². The third kappa shape index (κ3) is 7.10. The minimum Gasteiger partial charge on any atom is -0.351 e. The van der Waals surface area contributed by atoms with Crippen LogP contribution in [0.25, 0.3) is 0 Å². The molecule has 0 aliphatic rings. The van der Waals surface area contributed by atoms with Gasteiger partial charge in [-0.2, -0.15) is 0 Å². The molecule has 3 rings (SSSR count). The molecule has 0 spiro atoms. The molecule has 3 aromatic heterocycles. The van der Waals surface area contributed by atoms with Crippen molar-refractivity contribution in [3.63, 3.8) is 0 Å². The van der Waals surface area contributed by atoms with Crippen LogP contribution in [0.4, 0.5) is 0 Å². The topological polar surface area (TPSA) is 86.0 Å². The molecule has 0 fully saturated rings. The van der Waals surface area contributed by atoms with E-state index in [2.05, 4.69) is 43.8 Å². The number of hydrogen-bond donors (Lipinski definition) is 3. The lowest BCUT2D eigenvalue weighted by molar-refractivity contribution is 1.04. The van der Waals surface area contributed by atoms with E-state index in [1.54, 1.807) is 18.7 Å². The summed E-state index contributed by atoms with van der Waals surface area (Å²) in [4.78, 5) is 20.7. The first-order chi connectivity index (χ1) is 10.2. The van der Waals surface area contributed by atoms with Crippen molar-refractivity contribution in [1.29, 1.82) is 0 Å². The fourth-order valence-corrected chi connectivity index (χ4v) is 1.52. The number of aromatic nitrogens is 6. The van der Waals surface area contributed by atoms with Gasteiger partial charge in [-0.25, -0.2) is 15.0 Å². The SMILES string of the molecule is CCc1cnc(C)[nH]1.CCc1cnc(C)[nH]1.c1c[nH]cn1. The van der Waals surface area contributed by atoms with Gasteiger partial charge in [0.05, 0.1) is 6.33 Å². The van der Waals surface area contributed by atoms with Gasteiger partial charge < -0.3 is 15.0 Å². The number of imidazole rings is 3. The van der Waals surface area contributed by atoms with Gasteiger partial charge in [0.1, 0.15) is 11.6 Å². The minimum absolute atomic E-state index is 1.00. The Balaban J connectivity index is 0.000000162. The van der Waals surface area contributed by atoms with Crippen LogP contribution >= 0.6 is 0 Å². The Morgan fingerprint density at radius 2 is 1.43 bits per heavy atom. The van der Waals surface area contributed by atoms with E-state index in [9.17, 15) is 0 Å². The van der Waals surface area contributed by atoms with Gasteiger partial charge >= 0.3 is 0 Å². The van der Waals surface area contributed by atoms with Crippen LogP contribution in [0, 0.1) is 13.8 Å². The van der Waals surface area contributed by atoms with Crippen molar-refractivity contribution in [3.05, 3.63) is 54.2 Å². The Morgan fingerprint density at radius 3 is 1.57 bits per heavy atom. The van der Waals surface area contributed by atoms with Crippen LogP contribution in [-0.2, 0) is 12.8 Å². The molecule has 3 heterocycles. The molecule has 6 nitrogen and oxygen atoms in total. The second-order valence-corrected chi connectivity index (χ2v) is 4.46. The van der Waals surface area contributed by atoms with Crippen molar-refractivity contribution in [3.8, 4) is 0 Å². The lowest BCUT2D eigenvalue weighted by Crippen LogP contribution is -1.76. The van der Waals surface area contributed by atoms with Crippen molar-refractivity contribution in [2.45, 2.75) is 40.5 Å². The van der Waals surface area contributed by atoms with Gasteiger partial charge in [-0.15, -0.1) is 0 Å². The highest BCUT2D eigenvalue weighted by atomic mass is 14.9. The number of nitrogens with one attached hydrogen (secondary N) is 3. The fraction of sp³-hybridized carbons (Fsp3) is 0.400. The van der Waals surface area contributed by atoms with Gasteiger partial charge in [0.2, 0.25) is 0 Å². The maximum atomic E-state index is 4.03. The van der Waals surface area contributed by atoms with E-state index in [0.717, 1.165) is 24.5 Å². The molecule has 0 unspecified atom stereocenters. The lowest BCUT2D eigenvalue weighted by atomic mass is 10.4. The largest absolute Gasteiger partial charge is 0.351 e. The standard InChI is InChI=1S/2C6H10N2.C3H4N2/c2*1-3-6-4-7-5(2)8-6;1-2-5-3-4-1/h2*4H,3H2,1-2H3,(H,7,8);1-3H,(H,4,5). The predicted molar refractivity (Wildman–Crippen MR) is 84.0 cm³/mol. The summed E-state index contributed by atoms with van der Waals surface area (Å²) in [6.45, 7) is 8.12. The highest BCUT2D eigenvalue weighted by Crippen LogP contribution is 1.94. The molecule has 0 saturated carbocycles. The summed E-state index contributed by atoms with van der Waals surface area (Å²) in [5.74, 6) is 2.00. The van der Waals surface area contributed by atoms with Gasteiger partial charge in [-0.1, -0.05) is 13.8 Å². The molecular formula is C15H24N6. The first-order valence-electron chi connectivity index (χ1n) is 7.09. The average Bonchev–Trinajstić information content (AvgIpc) is 3.22. The van der Waals surface area contributed by atoms with Crippen LogP contribution in [0.3, 0.4) is 0 Å². The quantitative estimate of drug-likeness (QED) is 0.677. The maximum absolute atomic E-state index is 4.03. The van der Waals surface area contributed by atoms with Crippen LogP contribution in [-0.4, -0.2) is 29.9 Å². The first kappa shape index (κ1) is 16.7. The molecule has 6 heteroatoms. The Labute approximate surface area is 125 Å². The summed E-state index contributed by atoms with van der Waals surface area (Å²) in [6, 6.07) is 0. The number of nitrogens with zero attached hydrogens (tertiary/aromatic N) is 3. The molecule has 3 aromatic rings. The molecule has 0 aliphatic carbocycles. The first-order valence-corrected chi connectivity index (χ1v) is 7.09. The zero-order chi connectivity index (χ0) is 15.5. The van der Waals surface area contributed by atoms with E-state index in [1.165, 1.54) is 11.4 Å². The Kier molecular flexibility index (Phi) is 7.56. The molecular weight excluding hydrogens is 264 g/mol. The molecule has 0 aliphatic heterocycles. The van der Waals surface area contributed by atoms with E-state index < -0.39 is 0 Å². The van der Waals surface area contributed by atoms with Gasteiger partial charge in [-0.3, -0.25) is 0 Å². The Bertz CT molecular complexity index is 521. The van der Waals surface area contributed by atoms with Gasteiger partial charge in [0, 0.05) is 36.2 Å². The van der Waals surface area contributed by atoms with E-state index in [4.69, 9.17) is 0 Å². The predicted octanol–water partition coefficient (Wildman–Crippen LogP) is 2.97. The van der Waals surface area contributed by atoms with Gasteiger partial charge in [-0.05, 0) is 26.7 Å². The number of aryl methyl sites for hydroxylation is 4. The molecule has 0 atom stereocenters. The second kappa shape index (κ2) is 9.52. The zero-order valence-corrected chi connectivity index (χ0v) is 13.1. The van der Waals surface area contributed by atoms with Crippen LogP contribution in [0.2, 0.25) is 0 Å². The molecule has 0 aromatic carbocycles. The Morgan fingerprint density at radius 1 is 0.905 bits per heavy atom. The molecule has 3 N–H and O–H groups in total. The number of rotatable bonds is 2. The highest BCUT2D eigenvalue weighted by molar-refractivity contribution is 4.99. The molecule has 0 amide bonds. The van der Waals surface area contributed by atoms with Crippen molar-refractivity contribution in [2.24, 2.45) is 0 Å². The van der Waals surface area contributed by atoms with Gasteiger partial charge in [0.25, 0.3) is 0 Å². The van der Waals surface area contributed by atoms with Crippen molar-refractivity contribution in [1.82, 2.24) is 29.9 Å².